The van der Waals surface area contributed by atoms with Gasteiger partial charge in [0, 0.05) is 24.8 Å². The molecule has 0 saturated carbocycles. The van der Waals surface area contributed by atoms with Crippen LogP contribution < -0.4 is 26.2 Å². The first-order valence-corrected chi connectivity index (χ1v) is 11.9. The highest BCUT2D eigenvalue weighted by Crippen LogP contribution is 2.24. The van der Waals surface area contributed by atoms with Crippen LogP contribution in [0.1, 0.15) is 23.5 Å². The van der Waals surface area contributed by atoms with Gasteiger partial charge in [0.25, 0.3) is 11.8 Å². The number of rotatable bonds is 8. The summed E-state index contributed by atoms with van der Waals surface area (Å²) in [5.41, 5.74) is 0.188. The van der Waals surface area contributed by atoms with E-state index in [0.29, 0.717) is 21.5 Å². The van der Waals surface area contributed by atoms with E-state index in [1.807, 2.05) is 0 Å². The Hall–Kier alpha value is -3.22. The number of carbonyl (C=O) groups is 4. The molecule has 35 heavy (non-hydrogen) atoms. The maximum atomic E-state index is 14.8. The fourth-order valence-electron chi connectivity index (χ4n) is 3.17. The lowest BCUT2D eigenvalue weighted by Crippen LogP contribution is -2.54. The van der Waals surface area contributed by atoms with Crippen molar-refractivity contribution in [1.29, 1.82) is 0 Å². The molecule has 0 spiro atoms. The number of thiophene rings is 1. The van der Waals surface area contributed by atoms with Crippen molar-refractivity contribution in [2.24, 2.45) is 0 Å². The summed E-state index contributed by atoms with van der Waals surface area (Å²) >= 11 is 6.92. The smallest absolute Gasteiger partial charge is 0.315 e. The van der Waals surface area contributed by atoms with Crippen molar-refractivity contribution in [1.82, 2.24) is 16.0 Å². The second kappa shape index (κ2) is 12.0. The molecule has 0 radical (unpaired) electrons. The van der Waals surface area contributed by atoms with Crippen molar-refractivity contribution < 1.29 is 28.3 Å². The van der Waals surface area contributed by atoms with Crippen molar-refractivity contribution in [3.8, 4) is 0 Å². The van der Waals surface area contributed by atoms with Gasteiger partial charge in [-0.2, -0.15) is 0 Å². The first-order chi connectivity index (χ1) is 16.6. The standard InChI is InChI=1S/C22H25ClFN5O5S/c1-12(2)26-22(33)28-16(10-25-21(32)17-5-6-18(23)35-17)20(31)27-15-4-3-13(9-14(15)24)29-7-8-34-11-19(29)30/h3-6,9,12,16H,7-8,10-11H2,1-2H3,(H,25,32)(H,27,31)(H2,26,28,33)/t16-/m0/s1. The van der Waals surface area contributed by atoms with Gasteiger partial charge in [0.2, 0.25) is 5.91 Å². The maximum absolute atomic E-state index is 14.8. The van der Waals surface area contributed by atoms with Crippen LogP contribution in [-0.4, -0.2) is 62.1 Å². The van der Waals surface area contributed by atoms with Crippen molar-refractivity contribution in [3.63, 3.8) is 0 Å². The van der Waals surface area contributed by atoms with Crippen LogP contribution in [0.15, 0.2) is 30.3 Å². The van der Waals surface area contributed by atoms with Gasteiger partial charge in [-0.25, -0.2) is 9.18 Å². The third-order valence-electron chi connectivity index (χ3n) is 4.81. The lowest BCUT2D eigenvalue weighted by atomic mass is 10.2. The first kappa shape index (κ1) is 26.4. The average Bonchev–Trinajstić information content (AvgIpc) is 3.24. The third kappa shape index (κ3) is 7.38. The summed E-state index contributed by atoms with van der Waals surface area (Å²) in [6.07, 6.45) is 0. The van der Waals surface area contributed by atoms with Crippen LogP contribution in [0.2, 0.25) is 4.34 Å². The topological polar surface area (TPSA) is 129 Å². The number of nitrogens with one attached hydrogen (secondary N) is 4. The van der Waals surface area contributed by atoms with Crippen LogP contribution in [0.4, 0.5) is 20.6 Å². The highest BCUT2D eigenvalue weighted by Gasteiger charge is 2.25. The summed E-state index contributed by atoms with van der Waals surface area (Å²) in [6, 6.07) is 5.01. The lowest BCUT2D eigenvalue weighted by molar-refractivity contribution is -0.125. The van der Waals surface area contributed by atoms with Gasteiger partial charge in [-0.1, -0.05) is 11.6 Å². The molecule has 1 saturated heterocycles. The number of halogens is 2. The number of hydrogen-bond donors (Lipinski definition) is 4. The van der Waals surface area contributed by atoms with Gasteiger partial charge in [0.1, 0.15) is 18.5 Å². The maximum Gasteiger partial charge on any atom is 0.315 e. The molecule has 13 heteroatoms. The number of morpholine rings is 1. The summed E-state index contributed by atoms with van der Waals surface area (Å²) in [6.45, 7) is 3.76. The fourth-order valence-corrected chi connectivity index (χ4v) is 4.13. The van der Waals surface area contributed by atoms with Crippen LogP contribution in [0.25, 0.3) is 0 Å². The Balaban J connectivity index is 1.70. The molecule has 188 valence electrons. The van der Waals surface area contributed by atoms with E-state index >= 15 is 0 Å². The highest BCUT2D eigenvalue weighted by molar-refractivity contribution is 7.18. The van der Waals surface area contributed by atoms with E-state index in [0.717, 1.165) is 17.4 Å². The predicted octanol–water partition coefficient (Wildman–Crippen LogP) is 2.35. The number of hydrogen-bond acceptors (Lipinski definition) is 6. The van der Waals surface area contributed by atoms with Gasteiger partial charge >= 0.3 is 6.03 Å². The summed E-state index contributed by atoms with van der Waals surface area (Å²) in [5, 5.41) is 10.1. The number of carbonyl (C=O) groups excluding carboxylic acids is 4. The SMILES string of the molecule is CC(C)NC(=O)N[C@@H](CNC(=O)c1ccc(Cl)s1)C(=O)Nc1ccc(N2CCOCC2=O)cc1F. The number of amides is 5. The zero-order valence-electron chi connectivity index (χ0n) is 19.0. The van der Waals surface area contributed by atoms with E-state index < -0.39 is 29.7 Å². The van der Waals surface area contributed by atoms with Crippen LogP contribution in [0.5, 0.6) is 0 Å². The van der Waals surface area contributed by atoms with Crippen molar-refractivity contribution in [2.45, 2.75) is 25.9 Å². The van der Waals surface area contributed by atoms with Crippen LogP contribution in [-0.2, 0) is 14.3 Å². The number of anilines is 2. The molecule has 1 aromatic heterocycles. The van der Waals surface area contributed by atoms with Gasteiger partial charge in [0.15, 0.2) is 0 Å². The first-order valence-electron chi connectivity index (χ1n) is 10.7. The molecule has 1 aromatic carbocycles. The normalized spacial score (nSPS) is 14.4. The van der Waals surface area contributed by atoms with Gasteiger partial charge in [-0.15, -0.1) is 11.3 Å². The van der Waals surface area contributed by atoms with Crippen molar-refractivity contribution in [2.75, 3.05) is 36.5 Å². The van der Waals surface area contributed by atoms with Gasteiger partial charge in [-0.05, 0) is 44.2 Å². The minimum absolute atomic E-state index is 0.0880. The van der Waals surface area contributed by atoms with Crippen molar-refractivity contribution in [3.05, 3.63) is 45.4 Å². The summed E-state index contributed by atoms with van der Waals surface area (Å²) in [4.78, 5) is 51.2. The Morgan fingerprint density at radius 3 is 2.60 bits per heavy atom. The zero-order chi connectivity index (χ0) is 25.5. The van der Waals surface area contributed by atoms with E-state index in [2.05, 4.69) is 21.3 Å². The molecular weight excluding hydrogens is 501 g/mol. The quantitative estimate of drug-likeness (QED) is 0.420. The third-order valence-corrected chi connectivity index (χ3v) is 6.04. The molecule has 1 aliphatic rings. The fraction of sp³-hybridized carbons (Fsp3) is 0.364. The molecule has 0 aliphatic carbocycles. The molecule has 0 unspecified atom stereocenters. The van der Waals surface area contributed by atoms with Crippen molar-refractivity contribution >= 4 is 58.1 Å². The van der Waals surface area contributed by atoms with Crippen LogP contribution in [0, 0.1) is 5.82 Å². The monoisotopic (exact) mass is 525 g/mol. The second-order valence-corrected chi connectivity index (χ2v) is 9.61. The van der Waals surface area contributed by atoms with Gasteiger partial charge < -0.3 is 30.9 Å². The molecule has 0 bridgehead atoms. The second-order valence-electron chi connectivity index (χ2n) is 7.89. The van der Waals surface area contributed by atoms with Gasteiger partial charge in [-0.3, -0.25) is 14.4 Å². The molecule has 1 fully saturated rings. The Bertz CT molecular complexity index is 1110. The average molecular weight is 526 g/mol. The minimum atomic E-state index is -1.21. The van der Waals surface area contributed by atoms with Crippen LogP contribution >= 0.6 is 22.9 Å². The number of ether oxygens (including phenoxy) is 1. The Labute approximate surface area is 210 Å². The number of nitrogens with zero attached hydrogens (tertiary/aromatic N) is 1. The summed E-state index contributed by atoms with van der Waals surface area (Å²) in [5.74, 6) is -2.28. The minimum Gasteiger partial charge on any atom is -0.370 e. The van der Waals surface area contributed by atoms with E-state index in [4.69, 9.17) is 16.3 Å². The summed E-state index contributed by atoms with van der Waals surface area (Å²) in [7, 11) is 0. The Morgan fingerprint density at radius 2 is 1.97 bits per heavy atom. The number of benzene rings is 1. The van der Waals surface area contributed by atoms with E-state index in [1.54, 1.807) is 19.9 Å². The molecule has 10 nitrogen and oxygen atoms in total. The predicted molar refractivity (Wildman–Crippen MR) is 130 cm³/mol. The molecule has 1 aliphatic heterocycles. The summed E-state index contributed by atoms with van der Waals surface area (Å²) < 4.78 is 20.3. The zero-order valence-corrected chi connectivity index (χ0v) is 20.6. The molecule has 5 amide bonds. The highest BCUT2D eigenvalue weighted by atomic mass is 35.5. The van der Waals surface area contributed by atoms with E-state index in [1.165, 1.54) is 23.1 Å². The Kier molecular flexibility index (Phi) is 9.01. The van der Waals surface area contributed by atoms with Gasteiger partial charge in [0.05, 0.1) is 21.5 Å². The molecule has 1 atom stereocenters. The lowest BCUT2D eigenvalue weighted by Gasteiger charge is -2.27. The van der Waals surface area contributed by atoms with E-state index in [-0.39, 0.29) is 37.3 Å². The molecule has 2 heterocycles. The Morgan fingerprint density at radius 1 is 1.20 bits per heavy atom. The molecule has 4 N–H and O–H groups in total. The van der Waals surface area contributed by atoms with E-state index in [9.17, 15) is 23.6 Å². The molecular formula is C22H25ClFN5O5S. The van der Waals surface area contributed by atoms with Crippen LogP contribution in [0.3, 0.4) is 0 Å². The molecule has 3 rings (SSSR count). The largest absolute Gasteiger partial charge is 0.370 e. The number of urea groups is 1. The molecule has 2 aromatic rings.